The second kappa shape index (κ2) is 8.25. The van der Waals surface area contributed by atoms with Crippen molar-refractivity contribution in [3.8, 4) is 11.5 Å². The first-order valence-corrected chi connectivity index (χ1v) is 9.65. The Morgan fingerprint density at radius 3 is 2.37 bits per heavy atom. The molecule has 4 N–H and O–H groups in total. The van der Waals surface area contributed by atoms with E-state index in [4.69, 9.17) is 4.74 Å². The van der Waals surface area contributed by atoms with Crippen molar-refractivity contribution in [2.24, 2.45) is 5.10 Å². The van der Waals surface area contributed by atoms with E-state index in [9.17, 15) is 18.6 Å². The molecule has 0 amide bonds. The smallest absolute Gasteiger partial charge is 0.301 e. The zero-order valence-electron chi connectivity index (χ0n) is 14.4. The second-order valence-corrected chi connectivity index (χ2v) is 7.48. The lowest BCUT2D eigenvalue weighted by atomic mass is 10.2. The molecule has 1 fully saturated rings. The molecule has 1 saturated heterocycles. The predicted octanol–water partition coefficient (Wildman–Crippen LogP) is 1.53. The summed E-state index contributed by atoms with van der Waals surface area (Å²) < 4.78 is 33.6. The fraction of sp³-hybridized carbons (Fsp3) is 0.235. The van der Waals surface area contributed by atoms with Crippen LogP contribution in [0.2, 0.25) is 0 Å². The fourth-order valence-corrected chi connectivity index (χ4v) is 3.62. The number of phenolic OH excluding ortho intramolecular Hbond substituents is 2. The topological polar surface area (TPSA) is 123 Å². The summed E-state index contributed by atoms with van der Waals surface area (Å²) in [7, 11) is -3.61. The third kappa shape index (κ3) is 5.09. The van der Waals surface area contributed by atoms with Crippen molar-refractivity contribution in [3.05, 3.63) is 48.0 Å². The van der Waals surface area contributed by atoms with Gasteiger partial charge in [0, 0.05) is 30.4 Å². The maximum absolute atomic E-state index is 12.3. The summed E-state index contributed by atoms with van der Waals surface area (Å²) in [5.74, 6) is -0.124. The number of anilines is 2. The number of morpholine rings is 1. The van der Waals surface area contributed by atoms with Crippen LogP contribution in [0.25, 0.3) is 0 Å². The molecule has 1 aliphatic rings. The maximum atomic E-state index is 12.3. The Morgan fingerprint density at radius 1 is 1.04 bits per heavy atom. The number of hydrazone groups is 1. The molecule has 2 aromatic rings. The van der Waals surface area contributed by atoms with E-state index in [-0.39, 0.29) is 11.5 Å². The summed E-state index contributed by atoms with van der Waals surface area (Å²) in [5.41, 5.74) is 4.30. The first-order valence-electron chi connectivity index (χ1n) is 8.21. The minimum absolute atomic E-state index is 0.0345. The lowest BCUT2D eigenvalue weighted by Gasteiger charge is -2.26. The van der Waals surface area contributed by atoms with Crippen molar-refractivity contribution >= 4 is 27.8 Å². The number of aromatic hydroxyl groups is 2. The zero-order chi connectivity index (χ0) is 19.3. The van der Waals surface area contributed by atoms with Crippen molar-refractivity contribution in [2.75, 3.05) is 36.5 Å². The minimum Gasteiger partial charge on any atom is -0.508 e. The fourth-order valence-electron chi connectivity index (χ4n) is 2.43. The standard InChI is InChI=1S/C17H20N4O5S/c22-16-6-1-13(17(23)11-16)12-18-19-14-2-4-15(5-3-14)20-27(24,25)21-7-9-26-10-8-21/h1-6,11-12,19-20,22-23H,7-10H2/b18-12+. The molecule has 3 rings (SSSR count). The summed E-state index contributed by atoms with van der Waals surface area (Å²) >= 11 is 0. The molecule has 0 saturated carbocycles. The van der Waals surface area contributed by atoms with E-state index < -0.39 is 10.2 Å². The third-order valence-corrected chi connectivity index (χ3v) is 5.39. The molecule has 9 nitrogen and oxygen atoms in total. The van der Waals surface area contributed by atoms with E-state index in [1.807, 2.05) is 0 Å². The highest BCUT2D eigenvalue weighted by atomic mass is 32.2. The van der Waals surface area contributed by atoms with Gasteiger partial charge >= 0.3 is 10.2 Å². The van der Waals surface area contributed by atoms with Crippen molar-refractivity contribution in [2.45, 2.75) is 0 Å². The second-order valence-electron chi connectivity index (χ2n) is 5.81. The number of rotatable bonds is 6. The van der Waals surface area contributed by atoms with Gasteiger partial charge < -0.3 is 14.9 Å². The third-order valence-electron chi connectivity index (χ3n) is 3.85. The number of nitrogens with zero attached hydrogens (tertiary/aromatic N) is 2. The minimum atomic E-state index is -3.61. The first kappa shape index (κ1) is 19.0. The molecule has 1 aliphatic heterocycles. The van der Waals surface area contributed by atoms with Crippen LogP contribution in [-0.4, -0.2) is 55.5 Å². The van der Waals surface area contributed by atoms with Crippen LogP contribution in [-0.2, 0) is 14.9 Å². The normalized spacial score (nSPS) is 15.7. The average molecular weight is 392 g/mol. The molecule has 27 heavy (non-hydrogen) atoms. The Morgan fingerprint density at radius 2 is 1.70 bits per heavy atom. The Bertz CT molecular complexity index is 909. The number of benzene rings is 2. The van der Waals surface area contributed by atoms with Gasteiger partial charge in [-0.05, 0) is 36.4 Å². The van der Waals surface area contributed by atoms with Crippen LogP contribution in [0.1, 0.15) is 5.56 Å². The summed E-state index contributed by atoms with van der Waals surface area (Å²) in [4.78, 5) is 0. The van der Waals surface area contributed by atoms with E-state index in [0.29, 0.717) is 43.2 Å². The number of hydrogen-bond acceptors (Lipinski definition) is 7. The summed E-state index contributed by atoms with van der Waals surface area (Å²) in [6.07, 6.45) is 1.41. The zero-order valence-corrected chi connectivity index (χ0v) is 15.2. The SMILES string of the molecule is O=S(=O)(Nc1ccc(N/N=C/c2ccc(O)cc2O)cc1)N1CCOCC1. The Hall–Kier alpha value is -2.82. The van der Waals surface area contributed by atoms with Crippen LogP contribution in [0, 0.1) is 0 Å². The molecular formula is C17H20N4O5S. The Balaban J connectivity index is 1.59. The highest BCUT2D eigenvalue weighted by Gasteiger charge is 2.23. The molecule has 0 bridgehead atoms. The monoisotopic (exact) mass is 392 g/mol. The average Bonchev–Trinajstić information content (AvgIpc) is 2.65. The number of nitrogens with one attached hydrogen (secondary N) is 2. The molecule has 1 heterocycles. The lowest BCUT2D eigenvalue weighted by molar-refractivity contribution is 0.0733. The van der Waals surface area contributed by atoms with Gasteiger partial charge in [-0.25, -0.2) is 0 Å². The molecular weight excluding hydrogens is 372 g/mol. The van der Waals surface area contributed by atoms with E-state index >= 15 is 0 Å². The van der Waals surface area contributed by atoms with Crippen LogP contribution in [0.3, 0.4) is 0 Å². The number of ether oxygens (including phenoxy) is 1. The van der Waals surface area contributed by atoms with Crippen LogP contribution in [0.5, 0.6) is 11.5 Å². The molecule has 0 atom stereocenters. The quantitative estimate of drug-likeness (QED) is 0.437. The van der Waals surface area contributed by atoms with Crippen molar-refractivity contribution in [1.82, 2.24) is 4.31 Å². The van der Waals surface area contributed by atoms with E-state index in [1.165, 1.54) is 28.7 Å². The maximum Gasteiger partial charge on any atom is 0.301 e. The van der Waals surface area contributed by atoms with Gasteiger partial charge in [-0.1, -0.05) is 0 Å². The summed E-state index contributed by atoms with van der Waals surface area (Å²) in [5, 5.41) is 22.9. The van der Waals surface area contributed by atoms with E-state index in [2.05, 4.69) is 15.2 Å². The molecule has 0 radical (unpaired) electrons. The van der Waals surface area contributed by atoms with Crippen LogP contribution >= 0.6 is 0 Å². The Kier molecular flexibility index (Phi) is 5.79. The predicted molar refractivity (Wildman–Crippen MR) is 102 cm³/mol. The Labute approximate surface area is 157 Å². The van der Waals surface area contributed by atoms with Crippen molar-refractivity contribution < 1.29 is 23.4 Å². The van der Waals surface area contributed by atoms with Crippen molar-refractivity contribution in [1.29, 1.82) is 0 Å². The van der Waals surface area contributed by atoms with Crippen LogP contribution in [0.15, 0.2) is 47.6 Å². The summed E-state index contributed by atoms with van der Waals surface area (Å²) in [6.45, 7) is 1.43. The van der Waals surface area contributed by atoms with E-state index in [0.717, 1.165) is 0 Å². The van der Waals surface area contributed by atoms with Crippen LogP contribution in [0.4, 0.5) is 11.4 Å². The van der Waals surface area contributed by atoms with Gasteiger partial charge in [-0.3, -0.25) is 10.1 Å². The van der Waals surface area contributed by atoms with E-state index in [1.54, 1.807) is 24.3 Å². The van der Waals surface area contributed by atoms with Gasteiger partial charge in [0.15, 0.2) is 0 Å². The van der Waals surface area contributed by atoms with Crippen molar-refractivity contribution in [3.63, 3.8) is 0 Å². The highest BCUT2D eigenvalue weighted by Crippen LogP contribution is 2.21. The lowest BCUT2D eigenvalue weighted by Crippen LogP contribution is -2.43. The highest BCUT2D eigenvalue weighted by molar-refractivity contribution is 7.90. The molecule has 0 spiro atoms. The molecule has 0 aliphatic carbocycles. The van der Waals surface area contributed by atoms with Gasteiger partial charge in [-0.15, -0.1) is 0 Å². The molecule has 0 aromatic heterocycles. The van der Waals surface area contributed by atoms with Gasteiger partial charge in [-0.2, -0.15) is 17.8 Å². The number of phenols is 2. The summed E-state index contributed by atoms with van der Waals surface area (Å²) in [6, 6.07) is 10.8. The van der Waals surface area contributed by atoms with Crippen LogP contribution < -0.4 is 10.1 Å². The molecule has 2 aromatic carbocycles. The largest absolute Gasteiger partial charge is 0.508 e. The van der Waals surface area contributed by atoms with Gasteiger partial charge in [0.2, 0.25) is 0 Å². The molecule has 10 heteroatoms. The van der Waals surface area contributed by atoms with Gasteiger partial charge in [0.25, 0.3) is 0 Å². The first-order chi connectivity index (χ1) is 12.9. The number of hydrogen-bond donors (Lipinski definition) is 4. The molecule has 144 valence electrons. The van der Waals surface area contributed by atoms with Gasteiger partial charge in [0.05, 0.1) is 25.1 Å². The molecule has 0 unspecified atom stereocenters. The van der Waals surface area contributed by atoms with Gasteiger partial charge in [0.1, 0.15) is 11.5 Å².